The fourth-order valence-corrected chi connectivity index (χ4v) is 2.91. The van der Waals surface area contributed by atoms with E-state index < -0.39 is 12.2 Å². The van der Waals surface area contributed by atoms with Crippen LogP contribution in [0.15, 0.2) is 30.3 Å². The Morgan fingerprint density at radius 3 is 2.67 bits per heavy atom. The number of methoxy groups -OCH3 is 1. The van der Waals surface area contributed by atoms with E-state index in [1.54, 1.807) is 12.0 Å². The standard InChI is InChI=1S/C16H24N2O3/c1-17(2)10-13-9-14(19)11-18(13)16(20)15(21-3)12-7-5-4-6-8-12/h4-8,13-15,19H,9-11H2,1-3H3. The number of likely N-dealkylation sites (tertiary alicyclic amines) is 1. The molecule has 2 rings (SSSR count). The molecule has 0 bridgehead atoms. The van der Waals surface area contributed by atoms with Gasteiger partial charge in [0.2, 0.25) is 0 Å². The highest BCUT2D eigenvalue weighted by Crippen LogP contribution is 2.26. The molecule has 3 atom stereocenters. The van der Waals surface area contributed by atoms with Crippen LogP contribution in [0.2, 0.25) is 0 Å². The quantitative estimate of drug-likeness (QED) is 0.876. The van der Waals surface area contributed by atoms with Crippen LogP contribution in [-0.2, 0) is 9.53 Å². The lowest BCUT2D eigenvalue weighted by molar-refractivity contribution is -0.143. The average Bonchev–Trinajstić information content (AvgIpc) is 2.80. The van der Waals surface area contributed by atoms with E-state index in [0.717, 1.165) is 12.1 Å². The van der Waals surface area contributed by atoms with E-state index in [9.17, 15) is 9.90 Å². The van der Waals surface area contributed by atoms with Gasteiger partial charge in [-0.05, 0) is 26.1 Å². The molecular formula is C16H24N2O3. The van der Waals surface area contributed by atoms with Gasteiger partial charge in [-0.15, -0.1) is 0 Å². The summed E-state index contributed by atoms with van der Waals surface area (Å²) in [4.78, 5) is 16.6. The van der Waals surface area contributed by atoms with Gasteiger partial charge >= 0.3 is 0 Å². The summed E-state index contributed by atoms with van der Waals surface area (Å²) in [5, 5.41) is 9.90. The first kappa shape index (κ1) is 15.9. The molecule has 0 saturated carbocycles. The number of rotatable bonds is 5. The Labute approximate surface area is 126 Å². The number of ether oxygens (including phenoxy) is 1. The molecule has 1 N–H and O–H groups in total. The summed E-state index contributed by atoms with van der Waals surface area (Å²) in [6.45, 7) is 1.12. The number of benzene rings is 1. The number of carbonyl (C=O) groups is 1. The Hall–Kier alpha value is -1.43. The molecule has 0 aliphatic carbocycles. The van der Waals surface area contributed by atoms with Gasteiger partial charge in [-0.3, -0.25) is 4.79 Å². The van der Waals surface area contributed by atoms with E-state index in [0.29, 0.717) is 13.0 Å². The third kappa shape index (κ3) is 3.81. The number of likely N-dealkylation sites (N-methyl/N-ethyl adjacent to an activating group) is 1. The summed E-state index contributed by atoms with van der Waals surface area (Å²) in [5.74, 6) is -0.0768. The maximum atomic E-state index is 12.8. The van der Waals surface area contributed by atoms with E-state index >= 15 is 0 Å². The second-order valence-corrected chi connectivity index (χ2v) is 5.82. The monoisotopic (exact) mass is 292 g/mol. The molecule has 1 aliphatic heterocycles. The van der Waals surface area contributed by atoms with Gasteiger partial charge in [-0.2, -0.15) is 0 Å². The average molecular weight is 292 g/mol. The number of aliphatic hydroxyl groups is 1. The van der Waals surface area contributed by atoms with Crippen molar-refractivity contribution in [1.82, 2.24) is 9.80 Å². The lowest BCUT2D eigenvalue weighted by atomic mass is 10.1. The van der Waals surface area contributed by atoms with Crippen LogP contribution in [0.3, 0.4) is 0 Å². The summed E-state index contributed by atoms with van der Waals surface area (Å²) >= 11 is 0. The summed E-state index contributed by atoms with van der Waals surface area (Å²) in [5.41, 5.74) is 0.843. The van der Waals surface area contributed by atoms with Crippen molar-refractivity contribution in [2.45, 2.75) is 24.7 Å². The number of hydrogen-bond acceptors (Lipinski definition) is 4. The minimum absolute atomic E-state index is 0.0314. The highest BCUT2D eigenvalue weighted by Gasteiger charge is 2.37. The Kier molecular flexibility index (Phi) is 5.33. The first-order valence-electron chi connectivity index (χ1n) is 7.24. The number of hydrogen-bond donors (Lipinski definition) is 1. The Balaban J connectivity index is 2.16. The maximum absolute atomic E-state index is 12.8. The molecule has 1 aliphatic rings. The zero-order chi connectivity index (χ0) is 15.4. The zero-order valence-electron chi connectivity index (χ0n) is 12.9. The van der Waals surface area contributed by atoms with E-state index in [1.165, 1.54) is 0 Å². The summed E-state index contributed by atoms with van der Waals surface area (Å²) in [7, 11) is 5.49. The Morgan fingerprint density at radius 2 is 2.10 bits per heavy atom. The smallest absolute Gasteiger partial charge is 0.256 e. The van der Waals surface area contributed by atoms with Crippen LogP contribution in [0, 0.1) is 0 Å². The number of amides is 1. The van der Waals surface area contributed by atoms with E-state index in [-0.39, 0.29) is 11.9 Å². The third-order valence-corrected chi connectivity index (χ3v) is 3.81. The van der Waals surface area contributed by atoms with Gasteiger partial charge < -0.3 is 19.6 Å². The minimum atomic E-state index is -0.610. The van der Waals surface area contributed by atoms with Gasteiger partial charge in [0.25, 0.3) is 5.91 Å². The van der Waals surface area contributed by atoms with Crippen LogP contribution in [0.4, 0.5) is 0 Å². The molecule has 1 saturated heterocycles. The summed E-state index contributed by atoms with van der Waals surface area (Å²) in [6, 6.07) is 9.51. The molecule has 0 radical (unpaired) electrons. The van der Waals surface area contributed by atoms with Crippen LogP contribution in [0.1, 0.15) is 18.1 Å². The second kappa shape index (κ2) is 7.02. The van der Waals surface area contributed by atoms with Crippen molar-refractivity contribution in [3.05, 3.63) is 35.9 Å². The predicted octanol–water partition coefficient (Wildman–Crippen LogP) is 0.897. The van der Waals surface area contributed by atoms with Gasteiger partial charge in [0.15, 0.2) is 6.10 Å². The van der Waals surface area contributed by atoms with Gasteiger partial charge in [0.1, 0.15) is 0 Å². The molecule has 21 heavy (non-hydrogen) atoms. The number of aliphatic hydroxyl groups excluding tert-OH is 1. The van der Waals surface area contributed by atoms with Crippen LogP contribution >= 0.6 is 0 Å². The normalized spacial score (nSPS) is 23.6. The van der Waals surface area contributed by atoms with Crippen molar-refractivity contribution in [3.8, 4) is 0 Å². The van der Waals surface area contributed by atoms with Crippen LogP contribution in [-0.4, -0.2) is 67.3 Å². The number of β-amino-alcohol motifs (C(OH)–C–C–N with tert-alkyl or cyclic N) is 1. The van der Waals surface area contributed by atoms with Gasteiger partial charge in [-0.1, -0.05) is 30.3 Å². The third-order valence-electron chi connectivity index (χ3n) is 3.81. The molecule has 0 spiro atoms. The lowest BCUT2D eigenvalue weighted by Gasteiger charge is -2.29. The molecule has 1 fully saturated rings. The SMILES string of the molecule is COC(C(=O)N1CC(O)CC1CN(C)C)c1ccccc1. The number of nitrogens with zero attached hydrogens (tertiary/aromatic N) is 2. The van der Waals surface area contributed by atoms with Crippen molar-refractivity contribution in [2.75, 3.05) is 34.3 Å². The van der Waals surface area contributed by atoms with Crippen molar-refractivity contribution in [2.24, 2.45) is 0 Å². The van der Waals surface area contributed by atoms with E-state index in [1.807, 2.05) is 49.3 Å². The van der Waals surface area contributed by atoms with Crippen LogP contribution < -0.4 is 0 Å². The van der Waals surface area contributed by atoms with Crippen molar-refractivity contribution in [3.63, 3.8) is 0 Å². The predicted molar refractivity (Wildman–Crippen MR) is 80.9 cm³/mol. The summed E-state index contributed by atoms with van der Waals surface area (Å²) < 4.78 is 5.41. The highest BCUT2D eigenvalue weighted by molar-refractivity contribution is 5.83. The highest BCUT2D eigenvalue weighted by atomic mass is 16.5. The molecule has 0 aromatic heterocycles. The number of carbonyl (C=O) groups excluding carboxylic acids is 1. The molecule has 5 heteroatoms. The molecular weight excluding hydrogens is 268 g/mol. The van der Waals surface area contributed by atoms with Gasteiger partial charge in [0, 0.05) is 26.2 Å². The first-order valence-corrected chi connectivity index (χ1v) is 7.24. The van der Waals surface area contributed by atoms with Crippen molar-refractivity contribution < 1.29 is 14.6 Å². The fourth-order valence-electron chi connectivity index (χ4n) is 2.91. The van der Waals surface area contributed by atoms with Crippen LogP contribution in [0.5, 0.6) is 0 Å². The molecule has 1 aromatic carbocycles. The maximum Gasteiger partial charge on any atom is 0.256 e. The van der Waals surface area contributed by atoms with Gasteiger partial charge in [0.05, 0.1) is 6.10 Å². The molecule has 1 aromatic rings. The van der Waals surface area contributed by atoms with E-state index in [2.05, 4.69) is 0 Å². The molecule has 3 unspecified atom stereocenters. The Morgan fingerprint density at radius 1 is 1.43 bits per heavy atom. The topological polar surface area (TPSA) is 53.0 Å². The second-order valence-electron chi connectivity index (χ2n) is 5.82. The van der Waals surface area contributed by atoms with E-state index in [4.69, 9.17) is 4.74 Å². The fraction of sp³-hybridized carbons (Fsp3) is 0.562. The lowest BCUT2D eigenvalue weighted by Crippen LogP contribution is -2.44. The van der Waals surface area contributed by atoms with Gasteiger partial charge in [-0.25, -0.2) is 0 Å². The molecule has 116 valence electrons. The summed E-state index contributed by atoms with van der Waals surface area (Å²) in [6.07, 6.45) is -0.442. The molecule has 1 amide bonds. The minimum Gasteiger partial charge on any atom is -0.391 e. The van der Waals surface area contributed by atoms with Crippen LogP contribution in [0.25, 0.3) is 0 Å². The zero-order valence-corrected chi connectivity index (χ0v) is 12.9. The largest absolute Gasteiger partial charge is 0.391 e. The van der Waals surface area contributed by atoms with Crippen molar-refractivity contribution in [1.29, 1.82) is 0 Å². The molecule has 5 nitrogen and oxygen atoms in total. The first-order chi connectivity index (χ1) is 10.0. The van der Waals surface area contributed by atoms with Crippen molar-refractivity contribution >= 4 is 5.91 Å². The Bertz CT molecular complexity index is 464. The molecule has 1 heterocycles.